The van der Waals surface area contributed by atoms with E-state index in [4.69, 9.17) is 5.73 Å². The molecule has 3 aromatic rings. The van der Waals surface area contributed by atoms with Gasteiger partial charge < -0.3 is 20.9 Å². The van der Waals surface area contributed by atoms with Crippen molar-refractivity contribution in [3.63, 3.8) is 0 Å². The van der Waals surface area contributed by atoms with Crippen molar-refractivity contribution in [3.05, 3.63) is 71.5 Å². The monoisotopic (exact) mass is 405 g/mol. The highest BCUT2D eigenvalue weighted by atomic mass is 15.3. The van der Waals surface area contributed by atoms with Crippen molar-refractivity contribution >= 4 is 17.6 Å². The van der Waals surface area contributed by atoms with Gasteiger partial charge in [0.2, 0.25) is 11.9 Å². The van der Waals surface area contributed by atoms with Crippen LogP contribution in [-0.2, 0) is 13.0 Å². The van der Waals surface area contributed by atoms with Gasteiger partial charge in [-0.15, -0.1) is 0 Å². The Morgan fingerprint density at radius 3 is 2.30 bits per heavy atom. The molecule has 0 unspecified atom stereocenters. The number of nitrogen functional groups attached to an aromatic ring is 1. The van der Waals surface area contributed by atoms with Crippen molar-refractivity contribution in [1.82, 2.24) is 15.0 Å². The molecule has 0 amide bonds. The van der Waals surface area contributed by atoms with E-state index >= 15 is 0 Å². The Morgan fingerprint density at radius 2 is 1.57 bits per heavy atom. The van der Waals surface area contributed by atoms with Gasteiger partial charge in [-0.3, -0.25) is 0 Å². The summed E-state index contributed by atoms with van der Waals surface area (Å²) in [7, 11) is 0. The van der Waals surface area contributed by atoms with E-state index in [1.165, 1.54) is 35.7 Å². The number of benzene rings is 2. The van der Waals surface area contributed by atoms with Crippen LogP contribution in [0.15, 0.2) is 54.6 Å². The van der Waals surface area contributed by atoms with E-state index < -0.39 is 0 Å². The predicted octanol–water partition coefficient (Wildman–Crippen LogP) is 0.0319. The summed E-state index contributed by atoms with van der Waals surface area (Å²) in [5, 5.41) is 3.23. The molecule has 0 atom stereocenters. The second kappa shape index (κ2) is 9.65. The summed E-state index contributed by atoms with van der Waals surface area (Å²) >= 11 is 0. The van der Waals surface area contributed by atoms with Gasteiger partial charge in [-0.25, -0.2) is 0 Å². The van der Waals surface area contributed by atoms with Crippen LogP contribution in [0.4, 0.5) is 17.6 Å². The molecule has 1 aromatic heterocycles. The summed E-state index contributed by atoms with van der Waals surface area (Å²) in [6.07, 6.45) is 1.14. The summed E-state index contributed by atoms with van der Waals surface area (Å²) in [5.74, 6) is 1.52. The first-order valence-corrected chi connectivity index (χ1v) is 10.7. The molecule has 0 radical (unpaired) electrons. The molecule has 5 N–H and O–H groups in total. The standard InChI is InChI=1S/C23H29N7/c1-18-7-9-20(10-8-18)25-23-27-21(26-22(24)28-23)17-30-15-13-29(14-16-30)12-11-19-5-3-2-4-6-19/h2-10H,11-17H2,1H3,(H3,24,25,26,27,28)/p+2. The molecule has 1 aliphatic rings. The van der Waals surface area contributed by atoms with Crippen molar-refractivity contribution in [3.8, 4) is 0 Å². The van der Waals surface area contributed by atoms with Crippen LogP contribution < -0.4 is 20.9 Å². The molecular formula is C23H31N7+2. The Hall–Kier alpha value is -3.03. The smallest absolute Gasteiger partial charge is 0.232 e. The van der Waals surface area contributed by atoms with Crippen molar-refractivity contribution in [2.45, 2.75) is 19.9 Å². The summed E-state index contributed by atoms with van der Waals surface area (Å²) in [6, 6.07) is 18.9. The van der Waals surface area contributed by atoms with Crippen LogP contribution in [0.2, 0.25) is 0 Å². The lowest BCUT2D eigenvalue weighted by Crippen LogP contribution is -3.27. The zero-order valence-electron chi connectivity index (χ0n) is 17.6. The number of anilines is 3. The summed E-state index contributed by atoms with van der Waals surface area (Å²) in [4.78, 5) is 16.4. The second-order valence-electron chi connectivity index (χ2n) is 8.09. The number of nitrogens with two attached hydrogens (primary N) is 1. The molecule has 2 heterocycles. The van der Waals surface area contributed by atoms with Gasteiger partial charge in [0, 0.05) is 12.1 Å². The third-order valence-corrected chi connectivity index (χ3v) is 5.69. The molecule has 7 heteroatoms. The molecule has 1 aliphatic heterocycles. The first-order chi connectivity index (χ1) is 14.6. The van der Waals surface area contributed by atoms with Crippen molar-refractivity contribution in [1.29, 1.82) is 0 Å². The number of quaternary nitrogens is 2. The van der Waals surface area contributed by atoms with Gasteiger partial charge in [-0.1, -0.05) is 48.0 Å². The second-order valence-corrected chi connectivity index (χ2v) is 8.09. The highest BCUT2D eigenvalue weighted by Crippen LogP contribution is 2.14. The van der Waals surface area contributed by atoms with Crippen LogP contribution in [0.25, 0.3) is 0 Å². The molecule has 30 heavy (non-hydrogen) atoms. The third kappa shape index (κ3) is 5.75. The normalized spacial score (nSPS) is 18.8. The van der Waals surface area contributed by atoms with Crippen LogP contribution >= 0.6 is 0 Å². The Labute approximate surface area is 178 Å². The van der Waals surface area contributed by atoms with Crippen LogP contribution in [0.5, 0.6) is 0 Å². The molecule has 7 nitrogen and oxygen atoms in total. The minimum atomic E-state index is 0.265. The Bertz CT molecular complexity index is 936. The molecule has 4 rings (SSSR count). The number of hydrogen-bond donors (Lipinski definition) is 4. The molecule has 0 spiro atoms. The summed E-state index contributed by atoms with van der Waals surface area (Å²) < 4.78 is 0. The molecule has 0 saturated carbocycles. The van der Waals surface area contributed by atoms with Gasteiger partial charge >= 0.3 is 0 Å². The van der Waals surface area contributed by atoms with Gasteiger partial charge in [0.05, 0.1) is 6.54 Å². The van der Waals surface area contributed by atoms with Crippen molar-refractivity contribution in [2.24, 2.45) is 0 Å². The number of hydrogen-bond acceptors (Lipinski definition) is 5. The highest BCUT2D eigenvalue weighted by molar-refractivity contribution is 5.54. The molecule has 1 saturated heterocycles. The fourth-order valence-corrected chi connectivity index (χ4v) is 3.91. The SMILES string of the molecule is Cc1ccc(Nc2nc(N)nc(C[NH+]3CC[NH+](CCc4ccccc4)CC3)n2)cc1. The number of piperazine rings is 1. The molecule has 156 valence electrons. The Kier molecular flexibility index (Phi) is 6.51. The minimum absolute atomic E-state index is 0.265. The predicted molar refractivity (Wildman–Crippen MR) is 119 cm³/mol. The number of rotatable bonds is 7. The lowest BCUT2D eigenvalue weighted by Gasteiger charge is -2.29. The van der Waals surface area contributed by atoms with Gasteiger partial charge in [0.25, 0.3) is 0 Å². The summed E-state index contributed by atoms with van der Waals surface area (Å²) in [6.45, 7) is 8.64. The van der Waals surface area contributed by atoms with Gasteiger partial charge in [-0.2, -0.15) is 15.0 Å². The van der Waals surface area contributed by atoms with Crippen LogP contribution in [-0.4, -0.2) is 47.7 Å². The van der Waals surface area contributed by atoms with E-state index in [0.717, 1.165) is 37.6 Å². The first kappa shape index (κ1) is 20.3. The Morgan fingerprint density at radius 1 is 0.867 bits per heavy atom. The van der Waals surface area contributed by atoms with Crippen molar-refractivity contribution in [2.75, 3.05) is 43.8 Å². The minimum Gasteiger partial charge on any atom is -0.368 e. The van der Waals surface area contributed by atoms with E-state index in [0.29, 0.717) is 5.95 Å². The quantitative estimate of drug-likeness (QED) is 0.446. The molecule has 0 aliphatic carbocycles. The van der Waals surface area contributed by atoms with Gasteiger partial charge in [0.15, 0.2) is 5.82 Å². The fourth-order valence-electron chi connectivity index (χ4n) is 3.91. The molecular weight excluding hydrogens is 374 g/mol. The van der Waals surface area contributed by atoms with Crippen LogP contribution in [0, 0.1) is 6.92 Å². The maximum atomic E-state index is 5.94. The third-order valence-electron chi connectivity index (χ3n) is 5.69. The molecule has 0 bridgehead atoms. The lowest BCUT2D eigenvalue weighted by molar-refractivity contribution is -1.02. The fraction of sp³-hybridized carbons (Fsp3) is 0.348. The number of nitrogens with one attached hydrogen (secondary N) is 3. The van der Waals surface area contributed by atoms with E-state index in [2.05, 4.69) is 69.7 Å². The zero-order valence-corrected chi connectivity index (χ0v) is 17.6. The molecule has 2 aromatic carbocycles. The number of aromatic nitrogens is 3. The van der Waals surface area contributed by atoms with Crippen LogP contribution in [0.3, 0.4) is 0 Å². The Balaban J connectivity index is 1.29. The zero-order chi connectivity index (χ0) is 20.8. The maximum Gasteiger partial charge on any atom is 0.232 e. The van der Waals surface area contributed by atoms with E-state index in [-0.39, 0.29) is 5.95 Å². The summed E-state index contributed by atoms with van der Waals surface area (Å²) in [5.41, 5.74) is 9.53. The lowest BCUT2D eigenvalue weighted by atomic mass is 10.1. The average Bonchev–Trinajstić information content (AvgIpc) is 2.75. The largest absolute Gasteiger partial charge is 0.368 e. The van der Waals surface area contributed by atoms with Crippen LogP contribution in [0.1, 0.15) is 17.0 Å². The maximum absolute atomic E-state index is 5.94. The van der Waals surface area contributed by atoms with E-state index in [1.54, 1.807) is 4.90 Å². The first-order valence-electron chi connectivity index (χ1n) is 10.7. The van der Waals surface area contributed by atoms with Crippen molar-refractivity contribution < 1.29 is 9.80 Å². The number of nitrogens with zero attached hydrogens (tertiary/aromatic N) is 3. The number of aryl methyl sites for hydroxylation is 1. The van der Waals surface area contributed by atoms with Gasteiger partial charge in [0.1, 0.15) is 32.7 Å². The topological polar surface area (TPSA) is 85.6 Å². The molecule has 1 fully saturated rings. The van der Waals surface area contributed by atoms with E-state index in [1.807, 2.05) is 12.1 Å². The van der Waals surface area contributed by atoms with Gasteiger partial charge in [-0.05, 0) is 24.6 Å². The highest BCUT2D eigenvalue weighted by Gasteiger charge is 2.24. The van der Waals surface area contributed by atoms with E-state index in [9.17, 15) is 0 Å². The average molecular weight is 406 g/mol.